The summed E-state index contributed by atoms with van der Waals surface area (Å²) in [6.07, 6.45) is 0.748. The van der Waals surface area contributed by atoms with E-state index in [0.29, 0.717) is 11.3 Å². The number of carbonyl (C=O) groups is 2. The minimum absolute atomic E-state index is 0.0649. The van der Waals surface area contributed by atoms with Gasteiger partial charge in [0.1, 0.15) is 6.04 Å². The second-order valence-electron chi connectivity index (χ2n) is 4.51. The third-order valence-corrected chi connectivity index (χ3v) is 8.31. The monoisotopic (exact) mass is 643 g/mol. The molecule has 0 aromatic heterocycles. The van der Waals surface area contributed by atoms with Crippen LogP contribution in [0.3, 0.4) is 0 Å². The largest absolute Gasteiger partial charge is 0.480 e. The Labute approximate surface area is 168 Å². The number of nitrogens with zero attached hydrogens (tertiary/aromatic N) is 1. The minimum Gasteiger partial charge on any atom is -0.480 e. The van der Waals surface area contributed by atoms with E-state index in [-0.39, 0.29) is 11.3 Å². The maximum absolute atomic E-state index is 12.9. The van der Waals surface area contributed by atoms with Gasteiger partial charge in [-0.15, -0.1) is 11.8 Å². The molecule has 114 valence electrons. The Hall–Kier alpha value is 0.700. The van der Waals surface area contributed by atoms with E-state index in [9.17, 15) is 14.7 Å². The van der Waals surface area contributed by atoms with Crippen LogP contribution in [0, 0.1) is 10.7 Å². The van der Waals surface area contributed by atoms with Crippen LogP contribution in [0.1, 0.15) is 23.7 Å². The molecular formula is C13H12I3NO3S. The van der Waals surface area contributed by atoms with Crippen LogP contribution in [0.2, 0.25) is 0 Å². The third kappa shape index (κ3) is 3.79. The van der Waals surface area contributed by atoms with E-state index in [1.54, 1.807) is 11.8 Å². The summed E-state index contributed by atoms with van der Waals surface area (Å²) < 4.78 is 2.87. The molecule has 1 aliphatic rings. The maximum atomic E-state index is 12.9. The number of hydrogen-bond acceptors (Lipinski definition) is 3. The van der Waals surface area contributed by atoms with Crippen molar-refractivity contribution in [2.75, 3.05) is 5.75 Å². The van der Waals surface area contributed by atoms with Crippen LogP contribution >= 0.6 is 79.5 Å². The summed E-state index contributed by atoms with van der Waals surface area (Å²) in [4.78, 5) is 25.8. The Balaban J connectivity index is 2.44. The van der Waals surface area contributed by atoms with Crippen molar-refractivity contribution in [2.45, 2.75) is 24.8 Å². The lowest BCUT2D eigenvalue weighted by Gasteiger charge is -2.27. The summed E-state index contributed by atoms with van der Waals surface area (Å²) >= 11 is 8.07. The van der Waals surface area contributed by atoms with Gasteiger partial charge in [0.05, 0.1) is 10.9 Å². The molecule has 1 N–H and O–H groups in total. The molecule has 0 bridgehead atoms. The predicted octanol–water partition coefficient (Wildman–Crippen LogP) is 3.88. The van der Waals surface area contributed by atoms with Crippen LogP contribution in [-0.4, -0.2) is 39.1 Å². The molecule has 1 aliphatic heterocycles. The lowest BCUT2D eigenvalue weighted by molar-refractivity contribution is -0.141. The highest BCUT2D eigenvalue weighted by molar-refractivity contribution is 14.1. The van der Waals surface area contributed by atoms with Crippen LogP contribution in [0.15, 0.2) is 12.1 Å². The molecule has 2 rings (SSSR count). The molecule has 1 aromatic carbocycles. The number of carbonyl (C=O) groups excluding carboxylic acids is 1. The molecule has 1 aromatic rings. The standard InChI is InChI=1S/C13H12I3NO3S/c1-2-10-17(9(5-21-10)13(19)20)12(18)7-3-6(14)4-8(15)11(7)16/h3-4,9-10H,2,5H2,1H3,(H,19,20). The predicted molar refractivity (Wildman–Crippen MR) is 109 cm³/mol. The number of rotatable bonds is 3. The Bertz CT molecular complexity index is 596. The van der Waals surface area contributed by atoms with Gasteiger partial charge in [-0.05, 0) is 86.3 Å². The summed E-state index contributed by atoms with van der Waals surface area (Å²) in [6, 6.07) is 3.10. The molecule has 0 saturated carbocycles. The topological polar surface area (TPSA) is 57.6 Å². The number of aliphatic carboxylic acids is 1. The molecule has 8 heteroatoms. The summed E-state index contributed by atoms with van der Waals surface area (Å²) in [5, 5.41) is 9.29. The molecule has 1 amide bonds. The van der Waals surface area contributed by atoms with Gasteiger partial charge in [0.2, 0.25) is 0 Å². The van der Waals surface area contributed by atoms with E-state index in [4.69, 9.17) is 0 Å². The molecule has 0 spiro atoms. The maximum Gasteiger partial charge on any atom is 0.327 e. The van der Waals surface area contributed by atoms with Crippen LogP contribution in [0.25, 0.3) is 0 Å². The molecule has 2 unspecified atom stereocenters. The zero-order chi connectivity index (χ0) is 15.7. The van der Waals surface area contributed by atoms with Crippen molar-refractivity contribution in [3.8, 4) is 0 Å². The van der Waals surface area contributed by atoms with Gasteiger partial charge in [0.25, 0.3) is 5.91 Å². The van der Waals surface area contributed by atoms with Gasteiger partial charge in [0, 0.05) is 16.5 Å². The first-order valence-electron chi connectivity index (χ1n) is 6.18. The van der Waals surface area contributed by atoms with E-state index >= 15 is 0 Å². The van der Waals surface area contributed by atoms with Crippen molar-refractivity contribution in [2.24, 2.45) is 0 Å². The molecule has 0 aliphatic carbocycles. The van der Waals surface area contributed by atoms with E-state index < -0.39 is 12.0 Å². The molecule has 21 heavy (non-hydrogen) atoms. The fourth-order valence-electron chi connectivity index (χ4n) is 2.19. The number of carboxylic acids is 1. The fourth-order valence-corrected chi connectivity index (χ4v) is 5.92. The van der Waals surface area contributed by atoms with Gasteiger partial charge in [0.15, 0.2) is 0 Å². The average molecular weight is 643 g/mol. The molecule has 1 heterocycles. The second kappa shape index (κ2) is 7.51. The summed E-state index contributed by atoms with van der Waals surface area (Å²) in [6.45, 7) is 1.98. The van der Waals surface area contributed by atoms with Crippen LogP contribution in [0.4, 0.5) is 0 Å². The molecular weight excluding hydrogens is 631 g/mol. The first kappa shape index (κ1) is 18.0. The number of thioether (sulfide) groups is 1. The SMILES string of the molecule is CCC1SCC(C(=O)O)N1C(=O)c1cc(I)cc(I)c1I. The van der Waals surface area contributed by atoms with Gasteiger partial charge >= 0.3 is 5.97 Å². The van der Waals surface area contributed by atoms with Crippen molar-refractivity contribution in [3.05, 3.63) is 28.4 Å². The van der Waals surface area contributed by atoms with Crippen molar-refractivity contribution >= 4 is 91.4 Å². The zero-order valence-electron chi connectivity index (χ0n) is 11.0. The Morgan fingerprint density at radius 1 is 1.38 bits per heavy atom. The quantitative estimate of drug-likeness (QED) is 0.402. The van der Waals surface area contributed by atoms with E-state index in [2.05, 4.69) is 67.8 Å². The smallest absolute Gasteiger partial charge is 0.327 e. The molecule has 0 radical (unpaired) electrons. The van der Waals surface area contributed by atoms with Crippen molar-refractivity contribution in [1.29, 1.82) is 0 Å². The second-order valence-corrected chi connectivity index (χ2v) is 9.21. The number of amides is 1. The number of benzene rings is 1. The summed E-state index contributed by atoms with van der Waals surface area (Å²) in [5.41, 5.74) is 0.596. The molecule has 1 saturated heterocycles. The fraction of sp³-hybridized carbons (Fsp3) is 0.385. The van der Waals surface area contributed by atoms with E-state index in [1.807, 2.05) is 19.1 Å². The van der Waals surface area contributed by atoms with Gasteiger partial charge in [-0.3, -0.25) is 4.79 Å². The van der Waals surface area contributed by atoms with E-state index in [0.717, 1.165) is 17.1 Å². The third-order valence-electron chi connectivity index (χ3n) is 3.18. The van der Waals surface area contributed by atoms with E-state index in [1.165, 1.54) is 4.90 Å². The highest BCUT2D eigenvalue weighted by Crippen LogP contribution is 2.34. The number of halogens is 3. The highest BCUT2D eigenvalue weighted by Gasteiger charge is 2.41. The summed E-state index contributed by atoms with van der Waals surface area (Å²) in [7, 11) is 0. The minimum atomic E-state index is -0.929. The van der Waals surface area contributed by atoms with Crippen LogP contribution in [0.5, 0.6) is 0 Å². The summed E-state index contributed by atoms with van der Waals surface area (Å²) in [5.74, 6) is -0.654. The average Bonchev–Trinajstić information content (AvgIpc) is 2.86. The lowest BCUT2D eigenvalue weighted by Crippen LogP contribution is -2.45. The normalized spacial score (nSPS) is 21.6. The Morgan fingerprint density at radius 3 is 2.62 bits per heavy atom. The highest BCUT2D eigenvalue weighted by atomic mass is 127. The first-order valence-corrected chi connectivity index (χ1v) is 10.5. The zero-order valence-corrected chi connectivity index (χ0v) is 18.3. The molecule has 2 atom stereocenters. The Kier molecular flexibility index (Phi) is 6.46. The lowest BCUT2D eigenvalue weighted by atomic mass is 10.1. The van der Waals surface area contributed by atoms with Crippen molar-refractivity contribution in [3.63, 3.8) is 0 Å². The number of carboxylic acid groups (broad SMARTS) is 1. The van der Waals surface area contributed by atoms with Crippen LogP contribution in [-0.2, 0) is 4.79 Å². The van der Waals surface area contributed by atoms with Gasteiger partial charge in [-0.25, -0.2) is 4.79 Å². The first-order chi connectivity index (χ1) is 9.86. The molecule has 1 fully saturated rings. The van der Waals surface area contributed by atoms with Crippen molar-refractivity contribution in [1.82, 2.24) is 4.90 Å². The van der Waals surface area contributed by atoms with Gasteiger partial charge < -0.3 is 10.0 Å². The van der Waals surface area contributed by atoms with Gasteiger partial charge in [-0.2, -0.15) is 0 Å². The number of hydrogen-bond donors (Lipinski definition) is 1. The van der Waals surface area contributed by atoms with Crippen molar-refractivity contribution < 1.29 is 14.7 Å². The van der Waals surface area contributed by atoms with Crippen LogP contribution < -0.4 is 0 Å². The van der Waals surface area contributed by atoms with Gasteiger partial charge in [-0.1, -0.05) is 6.92 Å². The Morgan fingerprint density at radius 2 is 2.05 bits per heavy atom. The molecule has 4 nitrogen and oxygen atoms in total.